The number of hydrogen-bond acceptors (Lipinski definition) is 7. The fourth-order valence-electron chi connectivity index (χ4n) is 2.43. The number of carbonyl (C=O) groups excluding carboxylic acids is 1. The van der Waals surface area contributed by atoms with Crippen LogP contribution in [0.2, 0.25) is 0 Å². The van der Waals surface area contributed by atoms with Crippen LogP contribution in [-0.4, -0.2) is 37.2 Å². The number of thiazole rings is 1. The number of para-hydroxylation sites is 1. The monoisotopic (exact) mass is 386 g/mol. The minimum absolute atomic E-state index is 0.163. The number of fused-ring (bicyclic) bond motifs is 1. The number of rotatable bonds is 6. The lowest BCUT2D eigenvalue weighted by molar-refractivity contribution is -0.121. The van der Waals surface area contributed by atoms with Crippen LogP contribution in [0.15, 0.2) is 46.6 Å². The number of carbonyl (C=O) groups is 1. The largest absolute Gasteiger partial charge is 0.369 e. The molecule has 3 heterocycles. The number of hydrogen-bond donors (Lipinski definition) is 1. The molecule has 0 aliphatic heterocycles. The summed E-state index contributed by atoms with van der Waals surface area (Å²) in [6.45, 7) is 0.288. The van der Waals surface area contributed by atoms with Crippen molar-refractivity contribution in [1.82, 2.24) is 30.1 Å². The number of amides is 1. The van der Waals surface area contributed by atoms with Gasteiger partial charge in [-0.3, -0.25) is 4.79 Å². The zero-order valence-corrected chi connectivity index (χ0v) is 15.2. The molecule has 0 fully saturated rings. The Morgan fingerprint density at radius 1 is 1.15 bits per heavy atom. The number of tetrazole rings is 1. The normalized spacial score (nSPS) is 11.1. The summed E-state index contributed by atoms with van der Waals surface area (Å²) in [6, 6.07) is 11.5. The lowest BCUT2D eigenvalue weighted by Gasteiger charge is -2.02. The maximum Gasteiger partial charge on any atom is 0.369 e. The van der Waals surface area contributed by atoms with Crippen molar-refractivity contribution in [2.24, 2.45) is 0 Å². The van der Waals surface area contributed by atoms with Crippen molar-refractivity contribution in [2.45, 2.75) is 13.0 Å². The summed E-state index contributed by atoms with van der Waals surface area (Å²) in [6.07, 6.45) is 0.641. The van der Waals surface area contributed by atoms with Gasteiger partial charge in [-0.2, -0.15) is 9.36 Å². The molecular formula is C16H14N6O2S2. The van der Waals surface area contributed by atoms with Crippen LogP contribution in [0.5, 0.6) is 0 Å². The van der Waals surface area contributed by atoms with E-state index < -0.39 is 5.69 Å². The highest BCUT2D eigenvalue weighted by molar-refractivity contribution is 7.18. The van der Waals surface area contributed by atoms with Crippen LogP contribution in [0.4, 0.5) is 0 Å². The highest BCUT2D eigenvalue weighted by Crippen LogP contribution is 2.21. The van der Waals surface area contributed by atoms with Gasteiger partial charge in [-0.25, -0.2) is 9.78 Å². The Bertz CT molecular complexity index is 1060. The van der Waals surface area contributed by atoms with Gasteiger partial charge in [0.05, 0.1) is 15.2 Å². The molecule has 0 atom stereocenters. The molecule has 8 nitrogen and oxygen atoms in total. The van der Waals surface area contributed by atoms with Gasteiger partial charge in [0.25, 0.3) is 0 Å². The molecule has 0 saturated heterocycles. The van der Waals surface area contributed by atoms with E-state index in [4.69, 9.17) is 0 Å². The standard InChI is InChI=1S/C16H14N6O2S2/c23-13(10-21-16(24)22(20-19-21)15-6-3-9-25-15)17-8-7-14-18-11-4-1-2-5-12(11)26-14/h1-6,9H,7-8,10H2,(H,17,23). The van der Waals surface area contributed by atoms with Gasteiger partial charge in [-0.1, -0.05) is 12.1 Å². The SMILES string of the molecule is O=C(Cn1nnn(-c2cccs2)c1=O)NCCc1nc2ccccc2s1. The van der Waals surface area contributed by atoms with Crippen molar-refractivity contribution in [2.75, 3.05) is 6.54 Å². The zero-order valence-electron chi connectivity index (χ0n) is 13.5. The second kappa shape index (κ2) is 7.18. The van der Waals surface area contributed by atoms with E-state index in [-0.39, 0.29) is 12.5 Å². The third-order valence-electron chi connectivity index (χ3n) is 3.65. The van der Waals surface area contributed by atoms with E-state index in [1.807, 2.05) is 35.7 Å². The van der Waals surface area contributed by atoms with Gasteiger partial charge in [0.1, 0.15) is 11.5 Å². The molecular weight excluding hydrogens is 372 g/mol. The third kappa shape index (κ3) is 3.41. The van der Waals surface area contributed by atoms with E-state index in [1.165, 1.54) is 16.0 Å². The Morgan fingerprint density at radius 3 is 2.85 bits per heavy atom. The fraction of sp³-hybridized carbons (Fsp3) is 0.188. The minimum atomic E-state index is -0.436. The molecule has 26 heavy (non-hydrogen) atoms. The van der Waals surface area contributed by atoms with Crippen LogP contribution in [0.25, 0.3) is 15.2 Å². The predicted octanol–water partition coefficient (Wildman–Crippen LogP) is 1.46. The average Bonchev–Trinajstić information content (AvgIpc) is 3.35. The molecule has 0 bridgehead atoms. The number of nitrogens with one attached hydrogen (secondary N) is 1. The summed E-state index contributed by atoms with van der Waals surface area (Å²) >= 11 is 2.99. The number of thiophene rings is 1. The molecule has 0 saturated carbocycles. The van der Waals surface area contributed by atoms with Gasteiger partial charge >= 0.3 is 5.69 Å². The van der Waals surface area contributed by atoms with Crippen LogP contribution in [0, 0.1) is 0 Å². The fourth-order valence-corrected chi connectivity index (χ4v) is 4.06. The van der Waals surface area contributed by atoms with E-state index in [0.717, 1.165) is 19.9 Å². The van der Waals surface area contributed by atoms with Crippen molar-refractivity contribution in [3.8, 4) is 5.00 Å². The van der Waals surface area contributed by atoms with E-state index >= 15 is 0 Å². The lowest BCUT2D eigenvalue weighted by Crippen LogP contribution is -2.34. The van der Waals surface area contributed by atoms with E-state index in [0.29, 0.717) is 18.0 Å². The topological polar surface area (TPSA) is 94.7 Å². The minimum Gasteiger partial charge on any atom is -0.354 e. The summed E-state index contributed by atoms with van der Waals surface area (Å²) in [5.41, 5.74) is 0.532. The Kier molecular flexibility index (Phi) is 4.59. The first-order chi connectivity index (χ1) is 12.7. The molecule has 1 amide bonds. The molecule has 0 spiro atoms. The molecule has 0 unspecified atom stereocenters. The van der Waals surface area contributed by atoms with Crippen molar-refractivity contribution < 1.29 is 4.79 Å². The summed E-state index contributed by atoms with van der Waals surface area (Å²) in [5.74, 6) is -0.286. The van der Waals surface area contributed by atoms with Crippen LogP contribution < -0.4 is 11.0 Å². The first-order valence-electron chi connectivity index (χ1n) is 7.88. The molecule has 10 heteroatoms. The Labute approximate surface area is 155 Å². The number of benzene rings is 1. The molecule has 4 aromatic rings. The molecule has 0 radical (unpaired) electrons. The van der Waals surface area contributed by atoms with E-state index in [9.17, 15) is 9.59 Å². The summed E-state index contributed by atoms with van der Waals surface area (Å²) < 4.78 is 3.36. The average molecular weight is 386 g/mol. The molecule has 132 valence electrons. The quantitative estimate of drug-likeness (QED) is 0.541. The van der Waals surface area contributed by atoms with Crippen LogP contribution in [-0.2, 0) is 17.8 Å². The third-order valence-corrected chi connectivity index (χ3v) is 5.59. The Hall–Kier alpha value is -2.85. The van der Waals surface area contributed by atoms with E-state index in [1.54, 1.807) is 17.4 Å². The van der Waals surface area contributed by atoms with Gasteiger partial charge in [0.2, 0.25) is 5.91 Å². The van der Waals surface area contributed by atoms with Crippen LogP contribution in [0.3, 0.4) is 0 Å². The van der Waals surface area contributed by atoms with Gasteiger partial charge in [-0.05, 0) is 40.1 Å². The first-order valence-corrected chi connectivity index (χ1v) is 9.58. The van der Waals surface area contributed by atoms with Crippen LogP contribution >= 0.6 is 22.7 Å². The number of nitrogens with zero attached hydrogens (tertiary/aromatic N) is 5. The Balaban J connectivity index is 1.34. The summed E-state index contributed by atoms with van der Waals surface area (Å²) in [7, 11) is 0. The molecule has 1 N–H and O–H groups in total. The Morgan fingerprint density at radius 2 is 2.04 bits per heavy atom. The number of aromatic nitrogens is 5. The predicted molar refractivity (Wildman–Crippen MR) is 99.8 cm³/mol. The van der Waals surface area contributed by atoms with Crippen LogP contribution in [0.1, 0.15) is 5.01 Å². The van der Waals surface area contributed by atoms with E-state index in [2.05, 4.69) is 20.7 Å². The second-order valence-electron chi connectivity index (χ2n) is 5.46. The molecule has 0 aliphatic rings. The molecule has 4 rings (SSSR count). The highest BCUT2D eigenvalue weighted by atomic mass is 32.1. The van der Waals surface area contributed by atoms with Gasteiger partial charge < -0.3 is 5.32 Å². The molecule has 1 aromatic carbocycles. The lowest BCUT2D eigenvalue weighted by atomic mass is 10.3. The van der Waals surface area contributed by atoms with Gasteiger partial charge in [-0.15, -0.1) is 22.7 Å². The molecule has 3 aromatic heterocycles. The smallest absolute Gasteiger partial charge is 0.354 e. The van der Waals surface area contributed by atoms with Gasteiger partial charge in [0, 0.05) is 13.0 Å². The van der Waals surface area contributed by atoms with Crippen molar-refractivity contribution in [3.63, 3.8) is 0 Å². The first kappa shape index (κ1) is 16.6. The highest BCUT2D eigenvalue weighted by Gasteiger charge is 2.12. The maximum atomic E-state index is 12.2. The summed E-state index contributed by atoms with van der Waals surface area (Å²) in [5, 5.41) is 13.8. The maximum absolute atomic E-state index is 12.2. The summed E-state index contributed by atoms with van der Waals surface area (Å²) in [4.78, 5) is 28.8. The van der Waals surface area contributed by atoms with Crippen molar-refractivity contribution >= 4 is 38.8 Å². The van der Waals surface area contributed by atoms with Gasteiger partial charge in [0.15, 0.2) is 0 Å². The zero-order chi connectivity index (χ0) is 17.9. The van der Waals surface area contributed by atoms with Crippen molar-refractivity contribution in [1.29, 1.82) is 0 Å². The van der Waals surface area contributed by atoms with Crippen molar-refractivity contribution in [3.05, 3.63) is 57.3 Å². The molecule has 0 aliphatic carbocycles. The second-order valence-corrected chi connectivity index (χ2v) is 7.50.